The molecule has 0 N–H and O–H groups in total. The van der Waals surface area contributed by atoms with Gasteiger partial charge < -0.3 is 4.74 Å². The lowest BCUT2D eigenvalue weighted by Crippen LogP contribution is -2.34. The molecule has 0 amide bonds. The van der Waals surface area contributed by atoms with Gasteiger partial charge in [0.05, 0.1) is 7.11 Å². The Hall–Kier alpha value is -3.98. The highest BCUT2D eigenvalue weighted by Crippen LogP contribution is 2.29. The highest BCUT2D eigenvalue weighted by atomic mass is 16.5. The molecule has 0 radical (unpaired) electrons. The Bertz CT molecular complexity index is 1280. The van der Waals surface area contributed by atoms with E-state index in [-0.39, 0.29) is 0 Å². The molecule has 146 valence electrons. The molecule has 0 aliphatic carbocycles. The summed E-state index contributed by atoms with van der Waals surface area (Å²) in [5.41, 5.74) is 4.64. The highest BCUT2D eigenvalue weighted by molar-refractivity contribution is 5.87. The number of hydrogen-bond donors (Lipinski definition) is 0. The summed E-state index contributed by atoms with van der Waals surface area (Å²) in [6, 6.07) is 22.9. The van der Waals surface area contributed by atoms with Gasteiger partial charge in [-0.05, 0) is 39.9 Å². The second-order valence-electron chi connectivity index (χ2n) is 6.96. The van der Waals surface area contributed by atoms with Gasteiger partial charge in [0.2, 0.25) is 10.9 Å². The summed E-state index contributed by atoms with van der Waals surface area (Å²) in [5, 5.41) is 0. The molecular weight excluding hydrogens is 372 g/mol. The van der Waals surface area contributed by atoms with E-state index in [9.17, 15) is 9.59 Å². The van der Waals surface area contributed by atoms with Gasteiger partial charge in [0, 0.05) is 11.1 Å². The second-order valence-corrected chi connectivity index (χ2v) is 6.96. The van der Waals surface area contributed by atoms with Crippen LogP contribution >= 0.6 is 0 Å². The van der Waals surface area contributed by atoms with E-state index < -0.39 is 10.9 Å². The molecule has 30 heavy (non-hydrogen) atoms. The molecule has 4 rings (SSSR count). The third-order valence-corrected chi connectivity index (χ3v) is 5.13. The summed E-state index contributed by atoms with van der Waals surface area (Å²) >= 11 is 0. The van der Waals surface area contributed by atoms with Crippen LogP contribution in [0.4, 0.5) is 0 Å². The van der Waals surface area contributed by atoms with Gasteiger partial charge in [0.25, 0.3) is 0 Å². The van der Waals surface area contributed by atoms with Crippen molar-refractivity contribution in [1.82, 2.24) is 0 Å². The van der Waals surface area contributed by atoms with Crippen LogP contribution < -0.4 is 15.6 Å². The van der Waals surface area contributed by atoms with E-state index in [1.54, 1.807) is 13.2 Å². The van der Waals surface area contributed by atoms with Crippen molar-refractivity contribution >= 4 is 18.2 Å². The monoisotopic (exact) mass is 392 g/mol. The van der Waals surface area contributed by atoms with Crippen LogP contribution in [-0.4, -0.2) is 7.11 Å². The first kappa shape index (κ1) is 19.3. The van der Waals surface area contributed by atoms with Crippen molar-refractivity contribution in [3.63, 3.8) is 0 Å². The van der Waals surface area contributed by atoms with Gasteiger partial charge >= 0.3 is 0 Å². The normalized spacial score (nSPS) is 11.1. The Labute approximate surface area is 174 Å². The molecule has 0 heterocycles. The fourth-order valence-electron chi connectivity index (χ4n) is 3.40. The first-order valence-electron chi connectivity index (χ1n) is 9.59. The Morgan fingerprint density at radius 3 is 1.43 bits per heavy atom. The maximum Gasteiger partial charge on any atom is 0.234 e. The van der Waals surface area contributed by atoms with Crippen LogP contribution in [-0.2, 0) is 0 Å². The Balaban J connectivity index is 1.59. The lowest BCUT2D eigenvalue weighted by atomic mass is 9.88. The minimum Gasteiger partial charge on any atom is -0.497 e. The van der Waals surface area contributed by atoms with Gasteiger partial charge in [-0.25, -0.2) is 0 Å². The fourth-order valence-corrected chi connectivity index (χ4v) is 3.40. The molecule has 0 atom stereocenters. The topological polar surface area (TPSA) is 43.4 Å². The molecule has 4 aromatic rings. The van der Waals surface area contributed by atoms with E-state index in [1.165, 1.54) is 0 Å². The first-order chi connectivity index (χ1) is 14.6. The van der Waals surface area contributed by atoms with Gasteiger partial charge in [-0.15, -0.1) is 0 Å². The highest BCUT2D eigenvalue weighted by Gasteiger charge is 2.23. The van der Waals surface area contributed by atoms with E-state index in [2.05, 4.69) is 6.58 Å². The number of rotatable bonds is 6. The quantitative estimate of drug-likeness (QED) is 0.324. The largest absolute Gasteiger partial charge is 0.497 e. The average molecular weight is 392 g/mol. The second kappa shape index (κ2) is 8.18. The van der Waals surface area contributed by atoms with E-state index >= 15 is 0 Å². The van der Waals surface area contributed by atoms with Gasteiger partial charge in [-0.2, -0.15) is 0 Å². The van der Waals surface area contributed by atoms with Crippen LogP contribution in [0.25, 0.3) is 40.5 Å². The van der Waals surface area contributed by atoms with Crippen LogP contribution in [0.5, 0.6) is 5.75 Å². The van der Waals surface area contributed by atoms with Crippen molar-refractivity contribution in [2.24, 2.45) is 0 Å². The first-order valence-corrected chi connectivity index (χ1v) is 9.59. The van der Waals surface area contributed by atoms with E-state index in [1.807, 2.05) is 84.9 Å². The van der Waals surface area contributed by atoms with Crippen molar-refractivity contribution < 1.29 is 4.74 Å². The molecule has 0 aliphatic rings. The van der Waals surface area contributed by atoms with Crippen LogP contribution in [0.3, 0.4) is 0 Å². The minimum atomic E-state index is -0.431. The molecule has 3 heteroatoms. The van der Waals surface area contributed by atoms with Gasteiger partial charge in [0.1, 0.15) is 5.75 Å². The number of methoxy groups -OCH3 is 1. The van der Waals surface area contributed by atoms with E-state index in [0.717, 1.165) is 33.6 Å². The van der Waals surface area contributed by atoms with Crippen molar-refractivity contribution in [2.75, 3.05) is 7.11 Å². The van der Waals surface area contributed by atoms with Crippen molar-refractivity contribution in [3.8, 4) is 28.0 Å². The predicted molar refractivity (Wildman–Crippen MR) is 124 cm³/mol. The van der Waals surface area contributed by atoms with Crippen molar-refractivity contribution in [1.29, 1.82) is 0 Å². The number of ether oxygens (including phenoxy) is 1. The molecule has 0 spiro atoms. The maximum absolute atomic E-state index is 12.3. The van der Waals surface area contributed by atoms with Gasteiger partial charge in [-0.1, -0.05) is 85.5 Å². The Morgan fingerprint density at radius 1 is 0.633 bits per heavy atom. The molecular formula is C27H20O3. The van der Waals surface area contributed by atoms with E-state index in [4.69, 9.17) is 4.74 Å². The molecule has 0 fully saturated rings. The van der Waals surface area contributed by atoms with Crippen LogP contribution in [0.15, 0.2) is 89.0 Å². The zero-order valence-electron chi connectivity index (χ0n) is 16.6. The molecule has 0 saturated carbocycles. The smallest absolute Gasteiger partial charge is 0.234 e. The van der Waals surface area contributed by atoms with Crippen LogP contribution in [0, 0.1) is 0 Å². The zero-order valence-corrected chi connectivity index (χ0v) is 16.6. The predicted octanol–water partition coefficient (Wildman–Crippen LogP) is 5.44. The molecule has 0 unspecified atom stereocenters. The number of hydrogen-bond acceptors (Lipinski definition) is 3. The minimum absolute atomic E-state index is 0.431. The molecule has 0 aromatic heterocycles. The van der Waals surface area contributed by atoms with Gasteiger partial charge in [-0.3, -0.25) is 9.59 Å². The summed E-state index contributed by atoms with van der Waals surface area (Å²) in [4.78, 5) is 24.5. The van der Waals surface area contributed by atoms with Crippen molar-refractivity contribution in [3.05, 3.63) is 117 Å². The standard InChI is InChI=1S/C27H20O3/c1-3-18-6-12-21(13-7-18)24-25(27(29)26(24)28)22-14-8-19(9-15-22)4-5-20-10-16-23(30-2)17-11-20/h3-17H,1H2,2H3/b5-4+. The van der Waals surface area contributed by atoms with Crippen LogP contribution in [0.2, 0.25) is 0 Å². The SMILES string of the molecule is C=Cc1ccc(-c2c(-c3ccc(/C=C/c4ccc(OC)cc4)cc3)c(=O)c2=O)cc1. The zero-order chi connectivity index (χ0) is 21.1. The molecule has 3 nitrogen and oxygen atoms in total. The van der Waals surface area contributed by atoms with Gasteiger partial charge in [0.15, 0.2) is 0 Å². The molecule has 0 bridgehead atoms. The molecule has 0 aliphatic heterocycles. The summed E-state index contributed by atoms with van der Waals surface area (Å²) in [6.45, 7) is 3.74. The average Bonchev–Trinajstić information content (AvgIpc) is 2.81. The third kappa shape index (κ3) is 3.65. The summed E-state index contributed by atoms with van der Waals surface area (Å²) in [6.07, 6.45) is 5.76. The Morgan fingerprint density at radius 2 is 1.03 bits per heavy atom. The summed E-state index contributed by atoms with van der Waals surface area (Å²) in [5.74, 6) is 0.819. The lowest BCUT2D eigenvalue weighted by molar-refractivity contribution is 0.415. The molecule has 4 aromatic carbocycles. The van der Waals surface area contributed by atoms with Crippen LogP contribution in [0.1, 0.15) is 16.7 Å². The summed E-state index contributed by atoms with van der Waals surface area (Å²) < 4.78 is 5.17. The lowest BCUT2D eigenvalue weighted by Gasteiger charge is -2.12. The summed E-state index contributed by atoms with van der Waals surface area (Å²) in [7, 11) is 1.64. The van der Waals surface area contributed by atoms with E-state index in [0.29, 0.717) is 11.1 Å². The van der Waals surface area contributed by atoms with Crippen molar-refractivity contribution in [2.45, 2.75) is 0 Å². The maximum atomic E-state index is 12.3. The number of benzene rings is 3. The fraction of sp³-hybridized carbons (Fsp3) is 0.0370. The Kier molecular flexibility index (Phi) is 5.27. The molecule has 0 saturated heterocycles. The third-order valence-electron chi connectivity index (χ3n) is 5.13.